The molecule has 1 fully saturated rings. The average Bonchev–Trinajstić information content (AvgIpc) is 3.40. The minimum absolute atomic E-state index is 0.0127. The molecule has 0 spiro atoms. The van der Waals surface area contributed by atoms with Crippen molar-refractivity contribution in [2.24, 2.45) is 0 Å². The maximum absolute atomic E-state index is 13.7. The van der Waals surface area contributed by atoms with Crippen molar-refractivity contribution in [3.05, 3.63) is 59.7 Å². The van der Waals surface area contributed by atoms with Crippen molar-refractivity contribution in [1.29, 1.82) is 0 Å². The SMILES string of the molecule is CC(=O)N1CCCCCCCN(C(=O)c2cccc(OCCCN3CCCC3)c2)Cc2ccccc21. The summed E-state index contributed by atoms with van der Waals surface area (Å²) in [7, 11) is 0. The molecule has 2 aliphatic rings. The third-order valence-electron chi connectivity index (χ3n) is 7.29. The van der Waals surface area contributed by atoms with E-state index in [-0.39, 0.29) is 11.8 Å². The quantitative estimate of drug-likeness (QED) is 0.500. The van der Waals surface area contributed by atoms with E-state index in [2.05, 4.69) is 4.90 Å². The van der Waals surface area contributed by atoms with E-state index < -0.39 is 0 Å². The normalized spacial score (nSPS) is 17.7. The Morgan fingerprint density at radius 1 is 0.833 bits per heavy atom. The first kappa shape index (κ1) is 26.2. The van der Waals surface area contributed by atoms with Gasteiger partial charge in [0.2, 0.25) is 5.91 Å². The van der Waals surface area contributed by atoms with E-state index >= 15 is 0 Å². The highest BCUT2D eigenvalue weighted by Gasteiger charge is 2.21. The number of benzene rings is 2. The molecular weight excluding hydrogens is 450 g/mol. The molecule has 0 unspecified atom stereocenters. The molecule has 36 heavy (non-hydrogen) atoms. The highest BCUT2D eigenvalue weighted by Crippen LogP contribution is 2.25. The van der Waals surface area contributed by atoms with Gasteiger partial charge in [0.15, 0.2) is 0 Å². The Labute approximate surface area is 216 Å². The van der Waals surface area contributed by atoms with Crippen LogP contribution in [0.5, 0.6) is 5.75 Å². The van der Waals surface area contributed by atoms with Crippen LogP contribution in [0.2, 0.25) is 0 Å². The molecule has 2 aliphatic heterocycles. The fraction of sp³-hybridized carbons (Fsp3) is 0.533. The Morgan fingerprint density at radius 2 is 1.56 bits per heavy atom. The van der Waals surface area contributed by atoms with E-state index in [9.17, 15) is 9.59 Å². The van der Waals surface area contributed by atoms with Gasteiger partial charge in [0.05, 0.1) is 6.61 Å². The van der Waals surface area contributed by atoms with Gasteiger partial charge >= 0.3 is 0 Å². The van der Waals surface area contributed by atoms with Crippen LogP contribution in [0.3, 0.4) is 0 Å². The fourth-order valence-electron chi connectivity index (χ4n) is 5.30. The number of para-hydroxylation sites is 1. The van der Waals surface area contributed by atoms with Gasteiger partial charge in [-0.15, -0.1) is 0 Å². The molecule has 6 heteroatoms. The summed E-state index contributed by atoms with van der Waals surface area (Å²) in [5, 5.41) is 0. The van der Waals surface area contributed by atoms with Gasteiger partial charge in [-0.05, 0) is 75.0 Å². The molecule has 0 saturated carbocycles. The predicted octanol–water partition coefficient (Wildman–Crippen LogP) is 5.51. The van der Waals surface area contributed by atoms with Gasteiger partial charge in [0.25, 0.3) is 5.91 Å². The molecule has 0 atom stereocenters. The zero-order valence-electron chi connectivity index (χ0n) is 21.8. The van der Waals surface area contributed by atoms with Crippen LogP contribution in [-0.4, -0.2) is 60.9 Å². The molecule has 0 radical (unpaired) electrons. The van der Waals surface area contributed by atoms with Crippen molar-refractivity contribution < 1.29 is 14.3 Å². The first-order chi connectivity index (χ1) is 17.6. The lowest BCUT2D eigenvalue weighted by atomic mass is 10.1. The van der Waals surface area contributed by atoms with Gasteiger partial charge < -0.3 is 19.4 Å². The third kappa shape index (κ3) is 7.33. The molecular formula is C30H41N3O3. The average molecular weight is 492 g/mol. The molecule has 4 rings (SSSR count). The van der Waals surface area contributed by atoms with Gasteiger partial charge in [0.1, 0.15) is 5.75 Å². The molecule has 0 aromatic heterocycles. The summed E-state index contributed by atoms with van der Waals surface area (Å²) in [5.74, 6) is 0.811. The van der Waals surface area contributed by atoms with Crippen LogP contribution < -0.4 is 9.64 Å². The van der Waals surface area contributed by atoms with Crippen molar-refractivity contribution in [2.45, 2.75) is 64.8 Å². The number of hydrogen-bond donors (Lipinski definition) is 0. The zero-order valence-corrected chi connectivity index (χ0v) is 21.8. The minimum Gasteiger partial charge on any atom is -0.494 e. The molecule has 0 N–H and O–H groups in total. The molecule has 2 heterocycles. The smallest absolute Gasteiger partial charge is 0.254 e. The van der Waals surface area contributed by atoms with Crippen LogP contribution in [0.1, 0.15) is 74.2 Å². The molecule has 6 nitrogen and oxygen atoms in total. The number of ether oxygens (including phenoxy) is 1. The Balaban J connectivity index is 1.46. The lowest BCUT2D eigenvalue weighted by Crippen LogP contribution is -2.34. The summed E-state index contributed by atoms with van der Waals surface area (Å²) in [6, 6.07) is 15.6. The summed E-state index contributed by atoms with van der Waals surface area (Å²) in [4.78, 5) is 32.4. The summed E-state index contributed by atoms with van der Waals surface area (Å²) >= 11 is 0. The second-order valence-electron chi connectivity index (χ2n) is 10.1. The Hall–Kier alpha value is -2.86. The van der Waals surface area contributed by atoms with Gasteiger partial charge in [-0.25, -0.2) is 0 Å². The number of fused-ring (bicyclic) bond motifs is 1. The molecule has 0 aliphatic carbocycles. The lowest BCUT2D eigenvalue weighted by Gasteiger charge is -2.29. The minimum atomic E-state index is 0.0127. The van der Waals surface area contributed by atoms with Gasteiger partial charge in [-0.1, -0.05) is 43.5 Å². The summed E-state index contributed by atoms with van der Waals surface area (Å²) in [6.45, 7) is 7.67. The summed E-state index contributed by atoms with van der Waals surface area (Å²) in [6.07, 6.45) is 8.89. The van der Waals surface area contributed by atoms with E-state index in [4.69, 9.17) is 4.74 Å². The maximum atomic E-state index is 13.7. The van der Waals surface area contributed by atoms with Crippen LogP contribution in [-0.2, 0) is 11.3 Å². The molecule has 2 amide bonds. The lowest BCUT2D eigenvalue weighted by molar-refractivity contribution is -0.116. The number of likely N-dealkylation sites (tertiary alicyclic amines) is 1. The predicted molar refractivity (Wildman–Crippen MR) is 145 cm³/mol. The molecule has 0 bridgehead atoms. The number of nitrogens with zero attached hydrogens (tertiary/aromatic N) is 3. The third-order valence-corrected chi connectivity index (χ3v) is 7.29. The van der Waals surface area contributed by atoms with Gasteiger partial charge in [-0.2, -0.15) is 0 Å². The van der Waals surface area contributed by atoms with Crippen molar-refractivity contribution in [3.8, 4) is 5.75 Å². The monoisotopic (exact) mass is 491 g/mol. The first-order valence-electron chi connectivity index (χ1n) is 13.7. The molecule has 194 valence electrons. The highest BCUT2D eigenvalue weighted by molar-refractivity contribution is 5.95. The summed E-state index contributed by atoms with van der Waals surface area (Å²) in [5.41, 5.74) is 2.58. The fourth-order valence-corrected chi connectivity index (χ4v) is 5.30. The summed E-state index contributed by atoms with van der Waals surface area (Å²) < 4.78 is 6.01. The number of rotatable bonds is 6. The van der Waals surface area contributed by atoms with Crippen LogP contribution in [0, 0.1) is 0 Å². The van der Waals surface area contributed by atoms with Crippen LogP contribution in [0.25, 0.3) is 0 Å². The van der Waals surface area contributed by atoms with Crippen LogP contribution in [0.4, 0.5) is 5.69 Å². The molecule has 1 saturated heterocycles. The second kappa shape index (κ2) is 13.4. The highest BCUT2D eigenvalue weighted by atomic mass is 16.5. The Bertz CT molecular complexity index is 1000. The van der Waals surface area contributed by atoms with Crippen molar-refractivity contribution in [3.63, 3.8) is 0 Å². The van der Waals surface area contributed by atoms with Crippen LogP contribution in [0.15, 0.2) is 48.5 Å². The topological polar surface area (TPSA) is 53.1 Å². The molecule has 2 aromatic rings. The van der Waals surface area contributed by atoms with Crippen molar-refractivity contribution in [1.82, 2.24) is 9.80 Å². The van der Waals surface area contributed by atoms with E-state index in [0.29, 0.717) is 25.3 Å². The Kier molecular flexibility index (Phi) is 9.79. The van der Waals surface area contributed by atoms with Crippen LogP contribution >= 0.6 is 0 Å². The standard InChI is InChI=1S/C30H41N3O3/c1-25(34)33-21-8-4-2-3-7-20-32(24-27-13-5-6-16-29(27)33)30(35)26-14-11-15-28(23-26)36-22-12-19-31-17-9-10-18-31/h5-6,11,13-16,23H,2-4,7-10,12,17-22,24H2,1H3. The number of hydrogen-bond acceptors (Lipinski definition) is 4. The van der Waals surface area contributed by atoms with E-state index in [1.54, 1.807) is 6.92 Å². The van der Waals surface area contributed by atoms with E-state index in [1.165, 1.54) is 25.9 Å². The maximum Gasteiger partial charge on any atom is 0.254 e. The van der Waals surface area contributed by atoms with Crippen molar-refractivity contribution >= 4 is 17.5 Å². The largest absolute Gasteiger partial charge is 0.494 e. The van der Waals surface area contributed by atoms with Gasteiger partial charge in [0, 0.05) is 44.4 Å². The van der Waals surface area contributed by atoms with E-state index in [0.717, 1.165) is 68.6 Å². The molecule has 2 aromatic carbocycles. The number of amides is 2. The number of carbonyl (C=O) groups excluding carboxylic acids is 2. The zero-order chi connectivity index (χ0) is 25.2. The van der Waals surface area contributed by atoms with E-state index in [1.807, 2.05) is 58.3 Å². The number of anilines is 1. The van der Waals surface area contributed by atoms with Gasteiger partial charge in [-0.3, -0.25) is 9.59 Å². The van der Waals surface area contributed by atoms with Crippen molar-refractivity contribution in [2.75, 3.05) is 44.2 Å². The second-order valence-corrected chi connectivity index (χ2v) is 10.1. The number of carbonyl (C=O) groups is 2. The Morgan fingerprint density at radius 3 is 2.36 bits per heavy atom. The first-order valence-corrected chi connectivity index (χ1v) is 13.7.